The van der Waals surface area contributed by atoms with Crippen molar-refractivity contribution in [3.8, 4) is 0 Å². The molecule has 0 aromatic heterocycles. The Morgan fingerprint density at radius 3 is 2.22 bits per heavy atom. The molecule has 2 aliphatic rings. The average molecular weight is 383 g/mol. The zero-order valence-electron chi connectivity index (χ0n) is 15.3. The fourth-order valence-corrected chi connectivity index (χ4v) is 6.07. The van der Waals surface area contributed by atoms with Gasteiger partial charge in [0.05, 0.1) is 10.5 Å². The number of ketones is 2. The Morgan fingerprint density at radius 2 is 1.52 bits per heavy atom. The first-order chi connectivity index (χ1) is 12.8. The van der Waals surface area contributed by atoms with Gasteiger partial charge in [0.25, 0.3) is 0 Å². The lowest BCUT2D eigenvalue weighted by molar-refractivity contribution is 0.0976. The molecule has 2 atom stereocenters. The normalized spacial score (nSPS) is 23.0. The number of benzene rings is 2. The minimum absolute atomic E-state index is 0.00614. The molecule has 0 amide bonds. The first-order valence-electron chi connectivity index (χ1n) is 9.17. The van der Waals surface area contributed by atoms with Gasteiger partial charge in [-0.15, -0.1) is 0 Å². The van der Waals surface area contributed by atoms with E-state index in [1.807, 2.05) is 13.8 Å². The summed E-state index contributed by atoms with van der Waals surface area (Å²) in [6.07, 6.45) is 1.76. The van der Waals surface area contributed by atoms with Crippen molar-refractivity contribution in [2.75, 3.05) is 6.54 Å². The topological polar surface area (TPSA) is 71.5 Å². The zero-order valence-corrected chi connectivity index (χ0v) is 16.1. The molecule has 1 fully saturated rings. The predicted molar refractivity (Wildman–Crippen MR) is 102 cm³/mol. The molecule has 1 saturated heterocycles. The zero-order chi connectivity index (χ0) is 19.3. The van der Waals surface area contributed by atoms with Crippen molar-refractivity contribution in [3.63, 3.8) is 0 Å². The molecule has 1 aliphatic heterocycles. The number of sulfonamides is 1. The first kappa shape index (κ1) is 18.1. The van der Waals surface area contributed by atoms with Crippen LogP contribution in [0, 0.1) is 5.92 Å². The van der Waals surface area contributed by atoms with E-state index < -0.39 is 15.8 Å². The van der Waals surface area contributed by atoms with Crippen LogP contribution in [0.5, 0.6) is 0 Å². The number of carbonyl (C=O) groups is 2. The third-order valence-corrected chi connectivity index (χ3v) is 7.85. The molecule has 0 bridgehead atoms. The molecule has 2 aromatic carbocycles. The Morgan fingerprint density at radius 1 is 0.889 bits per heavy atom. The van der Waals surface area contributed by atoms with Gasteiger partial charge < -0.3 is 0 Å². The molecule has 1 aliphatic carbocycles. The summed E-state index contributed by atoms with van der Waals surface area (Å²) in [6.45, 7) is 4.37. The van der Waals surface area contributed by atoms with E-state index in [0.717, 1.165) is 12.8 Å². The molecule has 0 unspecified atom stereocenters. The van der Waals surface area contributed by atoms with Crippen LogP contribution in [0.1, 0.15) is 58.5 Å². The van der Waals surface area contributed by atoms with Crippen LogP contribution in [0.4, 0.5) is 0 Å². The van der Waals surface area contributed by atoms with Gasteiger partial charge in [0.15, 0.2) is 11.6 Å². The standard InChI is InChI=1S/C21H21NO4S/c1-13-7-6-12-22(14(13)2)27(25,26)18-11-5-10-17-19(18)21(24)16-9-4-3-8-15(16)20(17)23/h3-5,8-11,13-14H,6-7,12H2,1-2H3/t13-,14-/m1/s1. The predicted octanol–water partition coefficient (Wildman–Crippen LogP) is 3.27. The Labute approximate surface area is 159 Å². The number of hydrogen-bond acceptors (Lipinski definition) is 4. The highest BCUT2D eigenvalue weighted by Gasteiger charge is 2.40. The molecule has 2 aromatic rings. The Balaban J connectivity index is 1.90. The highest BCUT2D eigenvalue weighted by Crippen LogP contribution is 2.35. The minimum Gasteiger partial charge on any atom is -0.289 e. The maximum Gasteiger partial charge on any atom is 0.244 e. The second kappa shape index (κ2) is 6.39. The van der Waals surface area contributed by atoms with Gasteiger partial charge in [-0.2, -0.15) is 4.31 Å². The quantitative estimate of drug-likeness (QED) is 0.681. The third-order valence-electron chi connectivity index (χ3n) is 5.82. The molecule has 5 nitrogen and oxygen atoms in total. The van der Waals surface area contributed by atoms with Gasteiger partial charge in [-0.3, -0.25) is 9.59 Å². The van der Waals surface area contributed by atoms with Crippen LogP contribution < -0.4 is 0 Å². The molecule has 0 spiro atoms. The second-order valence-corrected chi connectivity index (χ2v) is 9.22. The number of carbonyl (C=O) groups excluding carboxylic acids is 2. The Hall–Kier alpha value is -2.31. The molecular weight excluding hydrogens is 362 g/mol. The number of nitrogens with zero attached hydrogens (tertiary/aromatic N) is 1. The summed E-state index contributed by atoms with van der Waals surface area (Å²) < 4.78 is 28.4. The third kappa shape index (κ3) is 2.66. The van der Waals surface area contributed by atoms with E-state index in [4.69, 9.17) is 0 Å². The fraction of sp³-hybridized carbons (Fsp3) is 0.333. The van der Waals surface area contributed by atoms with Crippen LogP contribution in [-0.4, -0.2) is 36.9 Å². The lowest BCUT2D eigenvalue weighted by Gasteiger charge is -2.37. The van der Waals surface area contributed by atoms with Crippen molar-refractivity contribution in [3.05, 3.63) is 64.7 Å². The maximum atomic E-state index is 13.4. The SMILES string of the molecule is C[C@@H]1CCCN(S(=O)(=O)c2cccc3c2C(=O)c2ccccc2C3=O)[C@@H]1C. The van der Waals surface area contributed by atoms with Crippen molar-refractivity contribution in [2.24, 2.45) is 5.92 Å². The van der Waals surface area contributed by atoms with Gasteiger partial charge in [0, 0.05) is 29.3 Å². The summed E-state index contributed by atoms with van der Waals surface area (Å²) >= 11 is 0. The summed E-state index contributed by atoms with van der Waals surface area (Å²) in [6, 6.07) is 10.9. The summed E-state index contributed by atoms with van der Waals surface area (Å²) in [4.78, 5) is 25.9. The molecule has 1 heterocycles. The van der Waals surface area contributed by atoms with Crippen molar-refractivity contribution in [1.29, 1.82) is 0 Å². The van der Waals surface area contributed by atoms with E-state index in [-0.39, 0.29) is 39.3 Å². The van der Waals surface area contributed by atoms with E-state index in [2.05, 4.69) is 0 Å². The number of fused-ring (bicyclic) bond motifs is 2. The van der Waals surface area contributed by atoms with E-state index in [1.54, 1.807) is 30.3 Å². The lowest BCUT2D eigenvalue weighted by Crippen LogP contribution is -2.46. The van der Waals surface area contributed by atoms with Crippen LogP contribution in [0.25, 0.3) is 0 Å². The summed E-state index contributed by atoms with van der Waals surface area (Å²) in [5.74, 6) is -0.472. The summed E-state index contributed by atoms with van der Waals surface area (Å²) in [5.41, 5.74) is 0.756. The van der Waals surface area contributed by atoms with Crippen LogP contribution in [0.15, 0.2) is 47.4 Å². The van der Waals surface area contributed by atoms with Gasteiger partial charge in [-0.25, -0.2) is 8.42 Å². The smallest absolute Gasteiger partial charge is 0.244 e. The molecule has 140 valence electrons. The number of piperidine rings is 1. The van der Waals surface area contributed by atoms with E-state index in [9.17, 15) is 18.0 Å². The van der Waals surface area contributed by atoms with Gasteiger partial charge in [0.2, 0.25) is 10.0 Å². The highest BCUT2D eigenvalue weighted by atomic mass is 32.2. The first-order valence-corrected chi connectivity index (χ1v) is 10.6. The van der Waals surface area contributed by atoms with E-state index >= 15 is 0 Å². The molecule has 27 heavy (non-hydrogen) atoms. The molecule has 6 heteroatoms. The molecule has 4 rings (SSSR count). The molecule has 0 saturated carbocycles. The van der Waals surface area contributed by atoms with Crippen molar-refractivity contribution < 1.29 is 18.0 Å². The monoisotopic (exact) mass is 383 g/mol. The van der Waals surface area contributed by atoms with Gasteiger partial charge >= 0.3 is 0 Å². The maximum absolute atomic E-state index is 13.4. The van der Waals surface area contributed by atoms with Gasteiger partial charge in [0.1, 0.15) is 0 Å². The van der Waals surface area contributed by atoms with Crippen LogP contribution in [-0.2, 0) is 10.0 Å². The Bertz CT molecular complexity index is 1060. The highest BCUT2D eigenvalue weighted by molar-refractivity contribution is 7.89. The van der Waals surface area contributed by atoms with Crippen molar-refractivity contribution >= 4 is 21.6 Å². The van der Waals surface area contributed by atoms with Crippen molar-refractivity contribution in [2.45, 2.75) is 37.6 Å². The number of hydrogen-bond donors (Lipinski definition) is 0. The van der Waals surface area contributed by atoms with Crippen LogP contribution >= 0.6 is 0 Å². The molecule has 0 radical (unpaired) electrons. The lowest BCUT2D eigenvalue weighted by atomic mass is 9.84. The van der Waals surface area contributed by atoms with E-state index in [1.165, 1.54) is 16.4 Å². The van der Waals surface area contributed by atoms with Crippen molar-refractivity contribution in [1.82, 2.24) is 4.31 Å². The second-order valence-electron chi connectivity index (χ2n) is 7.36. The van der Waals surface area contributed by atoms with Crippen LogP contribution in [0.3, 0.4) is 0 Å². The minimum atomic E-state index is -3.88. The van der Waals surface area contributed by atoms with Gasteiger partial charge in [-0.05, 0) is 31.7 Å². The fourth-order valence-electron chi connectivity index (χ4n) is 4.09. The van der Waals surface area contributed by atoms with Crippen LogP contribution in [0.2, 0.25) is 0 Å². The summed E-state index contributed by atoms with van der Waals surface area (Å²) in [7, 11) is -3.88. The molecular formula is C21H21NO4S. The Kier molecular flexibility index (Phi) is 4.28. The largest absolute Gasteiger partial charge is 0.289 e. The van der Waals surface area contributed by atoms with E-state index in [0.29, 0.717) is 12.1 Å². The summed E-state index contributed by atoms with van der Waals surface area (Å²) in [5, 5.41) is 0. The average Bonchev–Trinajstić information content (AvgIpc) is 2.67. The molecule has 0 N–H and O–H groups in total. The number of rotatable bonds is 2. The van der Waals surface area contributed by atoms with Gasteiger partial charge in [-0.1, -0.05) is 43.3 Å².